The lowest BCUT2D eigenvalue weighted by atomic mass is 10.1. The van der Waals surface area contributed by atoms with Crippen molar-refractivity contribution in [1.29, 1.82) is 0 Å². The molecule has 0 radical (unpaired) electrons. The van der Waals surface area contributed by atoms with E-state index in [-0.39, 0.29) is 0 Å². The number of fused-ring (bicyclic) bond motifs is 1. The van der Waals surface area contributed by atoms with E-state index in [0.29, 0.717) is 0 Å². The second kappa shape index (κ2) is 5.19. The minimum atomic E-state index is 0.833. The number of benzene rings is 1. The van der Waals surface area contributed by atoms with Crippen LogP contribution in [0.15, 0.2) is 18.2 Å². The molecule has 2 rings (SSSR count). The van der Waals surface area contributed by atoms with Crippen LogP contribution >= 0.6 is 0 Å². The van der Waals surface area contributed by atoms with Gasteiger partial charge in [-0.1, -0.05) is 39.0 Å². The van der Waals surface area contributed by atoms with Crippen molar-refractivity contribution < 1.29 is 0 Å². The van der Waals surface area contributed by atoms with Crippen molar-refractivity contribution in [3.05, 3.63) is 34.9 Å². The van der Waals surface area contributed by atoms with E-state index in [2.05, 4.69) is 45.9 Å². The van der Waals surface area contributed by atoms with Gasteiger partial charge in [0.1, 0.15) is 0 Å². The van der Waals surface area contributed by atoms with Crippen LogP contribution in [-0.4, -0.2) is 0 Å². The fraction of sp³-hybridized carbons (Fsp3) is 0.571. The van der Waals surface area contributed by atoms with Crippen molar-refractivity contribution in [2.45, 2.75) is 47.0 Å². The third-order valence-corrected chi connectivity index (χ3v) is 2.38. The van der Waals surface area contributed by atoms with E-state index in [1.165, 1.54) is 24.8 Å². The lowest BCUT2D eigenvalue weighted by molar-refractivity contribution is 0.737. The molecule has 0 heteroatoms. The standard InChI is InChI=1S/C10H12.C4H10/c1-8-4-2-5-9-6-3-7-10(8)9;1-4(2)3/h2,4-5H,3,6-7H2,1H3;4H,1-3H3. The first-order valence-corrected chi connectivity index (χ1v) is 5.68. The number of aryl methyl sites for hydroxylation is 2. The lowest BCUT2D eigenvalue weighted by Gasteiger charge is -2.00. The number of hydrogen-bond donors (Lipinski definition) is 0. The van der Waals surface area contributed by atoms with Crippen molar-refractivity contribution in [2.75, 3.05) is 0 Å². The summed E-state index contributed by atoms with van der Waals surface area (Å²) in [7, 11) is 0. The van der Waals surface area contributed by atoms with Gasteiger partial charge in [0.15, 0.2) is 0 Å². The second-order valence-corrected chi connectivity index (χ2v) is 4.80. The summed E-state index contributed by atoms with van der Waals surface area (Å²) in [5.74, 6) is 0.833. The Morgan fingerprint density at radius 3 is 2.29 bits per heavy atom. The minimum absolute atomic E-state index is 0.833. The zero-order valence-electron chi connectivity index (χ0n) is 9.93. The van der Waals surface area contributed by atoms with Crippen molar-refractivity contribution in [3.8, 4) is 0 Å². The Bertz CT molecular complexity index is 281. The maximum atomic E-state index is 2.26. The average molecular weight is 190 g/mol. The Labute approximate surface area is 88.4 Å². The molecule has 0 aromatic heterocycles. The molecule has 0 nitrogen and oxygen atoms in total. The summed E-state index contributed by atoms with van der Waals surface area (Å²) in [4.78, 5) is 0. The smallest absolute Gasteiger partial charge is 0.0270 e. The van der Waals surface area contributed by atoms with Crippen LogP contribution in [0.25, 0.3) is 0 Å². The van der Waals surface area contributed by atoms with Gasteiger partial charge < -0.3 is 0 Å². The van der Waals surface area contributed by atoms with Crippen molar-refractivity contribution in [1.82, 2.24) is 0 Å². The van der Waals surface area contributed by atoms with Crippen LogP contribution in [-0.2, 0) is 12.8 Å². The summed E-state index contributed by atoms with van der Waals surface area (Å²) in [5, 5.41) is 0. The number of hydrogen-bond acceptors (Lipinski definition) is 0. The summed E-state index contributed by atoms with van der Waals surface area (Å²) in [6.07, 6.45) is 3.97. The topological polar surface area (TPSA) is 0 Å². The Kier molecular flexibility index (Phi) is 4.19. The summed E-state index contributed by atoms with van der Waals surface area (Å²) in [5.41, 5.74) is 4.68. The Morgan fingerprint density at radius 2 is 1.71 bits per heavy atom. The van der Waals surface area contributed by atoms with Crippen molar-refractivity contribution in [3.63, 3.8) is 0 Å². The highest BCUT2D eigenvalue weighted by molar-refractivity contribution is 5.37. The van der Waals surface area contributed by atoms with Gasteiger partial charge in [-0.15, -0.1) is 0 Å². The molecule has 14 heavy (non-hydrogen) atoms. The van der Waals surface area contributed by atoms with Crippen LogP contribution in [0.1, 0.15) is 43.9 Å². The molecular formula is C14H22. The average Bonchev–Trinajstić information content (AvgIpc) is 2.52. The highest BCUT2D eigenvalue weighted by Crippen LogP contribution is 2.24. The molecule has 0 unspecified atom stereocenters. The molecule has 1 aliphatic rings. The molecular weight excluding hydrogens is 168 g/mol. The van der Waals surface area contributed by atoms with Gasteiger partial charge in [0, 0.05) is 0 Å². The van der Waals surface area contributed by atoms with E-state index in [1.54, 1.807) is 11.1 Å². The normalized spacial score (nSPS) is 13.5. The monoisotopic (exact) mass is 190 g/mol. The SMILES string of the molecule is CC(C)C.Cc1cccc2c1CCC2. The second-order valence-electron chi connectivity index (χ2n) is 4.80. The van der Waals surface area contributed by atoms with Crippen molar-refractivity contribution >= 4 is 0 Å². The first-order chi connectivity index (χ1) is 6.61. The molecule has 0 atom stereocenters. The van der Waals surface area contributed by atoms with Gasteiger partial charge in [-0.2, -0.15) is 0 Å². The lowest BCUT2D eigenvalue weighted by Crippen LogP contribution is -1.84. The maximum absolute atomic E-state index is 2.26. The summed E-state index contributed by atoms with van der Waals surface area (Å²) >= 11 is 0. The van der Waals surface area contributed by atoms with E-state index >= 15 is 0 Å². The summed E-state index contributed by atoms with van der Waals surface area (Å²) in [6, 6.07) is 6.64. The number of rotatable bonds is 0. The molecule has 0 saturated heterocycles. The van der Waals surface area contributed by atoms with Crippen molar-refractivity contribution in [2.24, 2.45) is 5.92 Å². The molecule has 1 aliphatic carbocycles. The molecule has 0 heterocycles. The van der Waals surface area contributed by atoms with Gasteiger partial charge in [-0.25, -0.2) is 0 Å². The third kappa shape index (κ3) is 3.17. The molecule has 0 fully saturated rings. The molecule has 0 amide bonds. The van der Waals surface area contributed by atoms with Crippen LogP contribution < -0.4 is 0 Å². The fourth-order valence-corrected chi connectivity index (χ4v) is 1.81. The fourth-order valence-electron chi connectivity index (χ4n) is 1.81. The van der Waals surface area contributed by atoms with Gasteiger partial charge in [0.05, 0.1) is 0 Å². The van der Waals surface area contributed by atoms with Crippen LogP contribution in [0, 0.1) is 12.8 Å². The maximum Gasteiger partial charge on any atom is -0.0270 e. The molecule has 0 N–H and O–H groups in total. The zero-order valence-corrected chi connectivity index (χ0v) is 9.93. The molecule has 0 spiro atoms. The van der Waals surface area contributed by atoms with E-state index in [9.17, 15) is 0 Å². The van der Waals surface area contributed by atoms with Crippen LogP contribution in [0.4, 0.5) is 0 Å². The quantitative estimate of drug-likeness (QED) is 0.576. The predicted octanol–water partition coefficient (Wildman–Crippen LogP) is 4.15. The van der Waals surface area contributed by atoms with E-state index < -0.39 is 0 Å². The zero-order chi connectivity index (χ0) is 10.6. The third-order valence-electron chi connectivity index (χ3n) is 2.38. The van der Waals surface area contributed by atoms with Gasteiger partial charge in [-0.05, 0) is 48.8 Å². The Balaban J connectivity index is 0.000000213. The van der Waals surface area contributed by atoms with Gasteiger partial charge in [0.2, 0.25) is 0 Å². The first-order valence-electron chi connectivity index (χ1n) is 5.68. The largest absolute Gasteiger partial charge is 0.0630 e. The Hall–Kier alpha value is -0.780. The van der Waals surface area contributed by atoms with E-state index in [0.717, 1.165) is 5.92 Å². The van der Waals surface area contributed by atoms with Crippen LogP contribution in [0.3, 0.4) is 0 Å². The summed E-state index contributed by atoms with van der Waals surface area (Å²) < 4.78 is 0. The molecule has 0 aliphatic heterocycles. The highest BCUT2D eigenvalue weighted by atomic mass is 14.2. The van der Waals surface area contributed by atoms with Gasteiger partial charge in [0.25, 0.3) is 0 Å². The Morgan fingerprint density at radius 1 is 1.07 bits per heavy atom. The first kappa shape index (κ1) is 11.3. The minimum Gasteiger partial charge on any atom is -0.0630 e. The molecule has 1 aromatic carbocycles. The van der Waals surface area contributed by atoms with Gasteiger partial charge >= 0.3 is 0 Å². The van der Waals surface area contributed by atoms with E-state index in [4.69, 9.17) is 0 Å². The highest BCUT2D eigenvalue weighted by Gasteiger charge is 2.10. The predicted molar refractivity (Wildman–Crippen MR) is 63.7 cm³/mol. The molecule has 0 saturated carbocycles. The summed E-state index contributed by atoms with van der Waals surface area (Å²) in [6.45, 7) is 8.71. The van der Waals surface area contributed by atoms with E-state index in [1.807, 2.05) is 0 Å². The van der Waals surface area contributed by atoms with Crippen LogP contribution in [0.2, 0.25) is 0 Å². The molecule has 1 aromatic rings. The molecule has 78 valence electrons. The van der Waals surface area contributed by atoms with Crippen LogP contribution in [0.5, 0.6) is 0 Å². The molecule has 0 bridgehead atoms. The van der Waals surface area contributed by atoms with Gasteiger partial charge in [-0.3, -0.25) is 0 Å².